The Labute approximate surface area is 158 Å². The highest BCUT2D eigenvalue weighted by molar-refractivity contribution is 8.00. The van der Waals surface area contributed by atoms with Crippen molar-refractivity contribution in [3.8, 4) is 0 Å². The van der Waals surface area contributed by atoms with Gasteiger partial charge in [-0.05, 0) is 31.6 Å². The molecule has 0 aromatic carbocycles. The summed E-state index contributed by atoms with van der Waals surface area (Å²) >= 11 is 1.94. The largest absolute Gasteiger partial charge is 0.342 e. The number of unbranched alkanes of at least 4 members (excludes halogenated alkanes) is 1. The zero-order valence-corrected chi connectivity index (χ0v) is 17.4. The van der Waals surface area contributed by atoms with Crippen molar-refractivity contribution < 1.29 is 9.59 Å². The van der Waals surface area contributed by atoms with E-state index in [9.17, 15) is 9.59 Å². The Hall–Kier alpha value is -0.710. The number of carbonyl (C=O) groups is 2. The molecule has 2 amide bonds. The lowest BCUT2D eigenvalue weighted by Gasteiger charge is -2.45. The Morgan fingerprint density at radius 2 is 1.80 bits per heavy atom. The van der Waals surface area contributed by atoms with E-state index < -0.39 is 0 Å². The third-order valence-electron chi connectivity index (χ3n) is 5.67. The van der Waals surface area contributed by atoms with Gasteiger partial charge in [-0.2, -0.15) is 0 Å². The maximum Gasteiger partial charge on any atom is 0.225 e. The molecule has 2 aliphatic heterocycles. The molecule has 0 aromatic heterocycles. The van der Waals surface area contributed by atoms with Crippen LogP contribution >= 0.6 is 11.8 Å². The second-order valence-electron chi connectivity index (χ2n) is 8.01. The average Bonchev–Trinajstić information content (AvgIpc) is 2.98. The summed E-state index contributed by atoms with van der Waals surface area (Å²) in [5, 5.41) is 0. The predicted molar refractivity (Wildman–Crippen MR) is 105 cm³/mol. The standard InChI is InChI=1S/C20H36N2O2S/c1-5-7-8-17(6-2)19(24)21-11-9-20(10-12-21)22(13-14-25-20)18(23)15-16(3)4/h16-17H,5-15H2,1-4H3/t17-/m1/s1. The summed E-state index contributed by atoms with van der Waals surface area (Å²) in [4.78, 5) is 29.6. The van der Waals surface area contributed by atoms with Crippen molar-refractivity contribution in [2.75, 3.05) is 25.4 Å². The third-order valence-corrected chi connectivity index (χ3v) is 7.22. The minimum atomic E-state index is -0.0477. The zero-order chi connectivity index (χ0) is 18.4. The van der Waals surface area contributed by atoms with Gasteiger partial charge in [-0.15, -0.1) is 11.8 Å². The fraction of sp³-hybridized carbons (Fsp3) is 0.900. The van der Waals surface area contributed by atoms with Crippen LogP contribution in [0.4, 0.5) is 0 Å². The van der Waals surface area contributed by atoms with Gasteiger partial charge in [0.15, 0.2) is 0 Å². The van der Waals surface area contributed by atoms with Crippen molar-refractivity contribution in [1.82, 2.24) is 9.80 Å². The van der Waals surface area contributed by atoms with Crippen LogP contribution in [0.15, 0.2) is 0 Å². The lowest BCUT2D eigenvalue weighted by molar-refractivity contribution is -0.140. The first-order chi connectivity index (χ1) is 11.9. The van der Waals surface area contributed by atoms with Gasteiger partial charge in [0.25, 0.3) is 0 Å². The van der Waals surface area contributed by atoms with Crippen LogP contribution in [0, 0.1) is 11.8 Å². The monoisotopic (exact) mass is 368 g/mol. The molecule has 2 fully saturated rings. The van der Waals surface area contributed by atoms with E-state index in [0.29, 0.717) is 24.2 Å². The molecule has 4 nitrogen and oxygen atoms in total. The van der Waals surface area contributed by atoms with Crippen LogP contribution in [0.25, 0.3) is 0 Å². The number of carbonyl (C=O) groups excluding carboxylic acids is 2. The van der Waals surface area contributed by atoms with Gasteiger partial charge in [-0.25, -0.2) is 0 Å². The van der Waals surface area contributed by atoms with Crippen molar-refractivity contribution in [3.63, 3.8) is 0 Å². The van der Waals surface area contributed by atoms with E-state index in [-0.39, 0.29) is 10.8 Å². The Bertz CT molecular complexity index is 459. The van der Waals surface area contributed by atoms with Crippen molar-refractivity contribution >= 4 is 23.6 Å². The molecule has 1 atom stereocenters. The lowest BCUT2D eigenvalue weighted by atomic mass is 9.95. The lowest BCUT2D eigenvalue weighted by Crippen LogP contribution is -2.54. The molecule has 0 aromatic rings. The minimum Gasteiger partial charge on any atom is -0.342 e. The molecule has 2 aliphatic rings. The van der Waals surface area contributed by atoms with Crippen LogP contribution in [-0.2, 0) is 9.59 Å². The molecule has 25 heavy (non-hydrogen) atoms. The number of rotatable bonds is 7. The summed E-state index contributed by atoms with van der Waals surface area (Å²) in [5.74, 6) is 2.26. The molecule has 0 unspecified atom stereocenters. The van der Waals surface area contributed by atoms with E-state index in [1.54, 1.807) is 0 Å². The van der Waals surface area contributed by atoms with E-state index in [0.717, 1.165) is 63.9 Å². The van der Waals surface area contributed by atoms with E-state index in [1.807, 2.05) is 11.8 Å². The van der Waals surface area contributed by atoms with E-state index in [1.165, 1.54) is 0 Å². The molecule has 1 spiro atoms. The minimum absolute atomic E-state index is 0.0477. The number of nitrogens with zero attached hydrogens (tertiary/aromatic N) is 2. The van der Waals surface area contributed by atoms with Crippen LogP contribution in [0.1, 0.15) is 72.6 Å². The molecule has 0 N–H and O–H groups in total. The van der Waals surface area contributed by atoms with Crippen LogP contribution in [0.2, 0.25) is 0 Å². The Balaban J connectivity index is 1.95. The van der Waals surface area contributed by atoms with Crippen LogP contribution in [0.3, 0.4) is 0 Å². The molecule has 2 saturated heterocycles. The van der Waals surface area contributed by atoms with Crippen molar-refractivity contribution in [1.29, 1.82) is 0 Å². The third kappa shape index (κ3) is 4.93. The number of hydrogen-bond acceptors (Lipinski definition) is 3. The maximum absolute atomic E-state index is 12.8. The molecule has 0 bridgehead atoms. The van der Waals surface area contributed by atoms with Gasteiger partial charge >= 0.3 is 0 Å². The number of hydrogen-bond donors (Lipinski definition) is 0. The van der Waals surface area contributed by atoms with Crippen molar-refractivity contribution in [2.24, 2.45) is 11.8 Å². The first-order valence-electron chi connectivity index (χ1n) is 10.2. The van der Waals surface area contributed by atoms with E-state index in [4.69, 9.17) is 0 Å². The quantitative estimate of drug-likeness (QED) is 0.678. The summed E-state index contributed by atoms with van der Waals surface area (Å²) in [6, 6.07) is 0. The van der Waals surface area contributed by atoms with Gasteiger partial charge < -0.3 is 9.80 Å². The molecule has 2 rings (SSSR count). The molecule has 2 heterocycles. The molecule has 0 saturated carbocycles. The van der Waals surface area contributed by atoms with Gasteiger partial charge in [0.1, 0.15) is 0 Å². The van der Waals surface area contributed by atoms with Gasteiger partial charge in [0, 0.05) is 37.7 Å². The Kier molecular flexibility index (Phi) is 7.66. The first-order valence-corrected chi connectivity index (χ1v) is 11.1. The smallest absolute Gasteiger partial charge is 0.225 e. The van der Waals surface area contributed by atoms with Gasteiger partial charge in [0.05, 0.1) is 4.87 Å². The second-order valence-corrected chi connectivity index (χ2v) is 9.47. The molecule has 5 heteroatoms. The molecule has 0 aliphatic carbocycles. The second kappa shape index (κ2) is 9.29. The maximum atomic E-state index is 12.8. The average molecular weight is 369 g/mol. The first kappa shape index (κ1) is 20.6. The molecule has 0 radical (unpaired) electrons. The van der Waals surface area contributed by atoms with Gasteiger partial charge in [-0.3, -0.25) is 9.59 Å². The van der Waals surface area contributed by atoms with Crippen LogP contribution < -0.4 is 0 Å². The van der Waals surface area contributed by atoms with Crippen molar-refractivity contribution in [2.45, 2.75) is 77.5 Å². The Morgan fingerprint density at radius 3 is 2.36 bits per heavy atom. The van der Waals surface area contributed by atoms with Gasteiger partial charge in [-0.1, -0.05) is 40.5 Å². The molecule has 144 valence electrons. The van der Waals surface area contributed by atoms with Crippen molar-refractivity contribution in [3.05, 3.63) is 0 Å². The van der Waals surface area contributed by atoms with Gasteiger partial charge in [0.2, 0.25) is 11.8 Å². The fourth-order valence-corrected chi connectivity index (χ4v) is 5.60. The fourth-order valence-electron chi connectivity index (χ4n) is 4.12. The Morgan fingerprint density at radius 1 is 1.12 bits per heavy atom. The number of thioether (sulfide) groups is 1. The number of likely N-dealkylation sites (tertiary alicyclic amines) is 1. The van der Waals surface area contributed by atoms with Crippen LogP contribution in [0.5, 0.6) is 0 Å². The molecular weight excluding hydrogens is 332 g/mol. The molecular formula is C20H36N2O2S. The SMILES string of the molecule is CCCC[C@@H](CC)C(=O)N1CCC2(CC1)SCCN2C(=O)CC(C)C. The highest BCUT2D eigenvalue weighted by Crippen LogP contribution is 2.44. The normalized spacial score (nSPS) is 21.2. The summed E-state index contributed by atoms with van der Waals surface area (Å²) in [7, 11) is 0. The predicted octanol–water partition coefficient (Wildman–Crippen LogP) is 4.14. The summed E-state index contributed by atoms with van der Waals surface area (Å²) < 4.78 is 0. The summed E-state index contributed by atoms with van der Waals surface area (Å²) in [6.07, 6.45) is 6.73. The zero-order valence-electron chi connectivity index (χ0n) is 16.6. The highest BCUT2D eigenvalue weighted by Gasteiger charge is 2.46. The highest BCUT2D eigenvalue weighted by atomic mass is 32.2. The number of piperidine rings is 1. The van der Waals surface area contributed by atoms with E-state index in [2.05, 4.69) is 37.5 Å². The topological polar surface area (TPSA) is 40.6 Å². The number of amides is 2. The summed E-state index contributed by atoms with van der Waals surface area (Å²) in [6.45, 7) is 11.0. The van der Waals surface area contributed by atoms with Crippen LogP contribution in [-0.4, -0.2) is 51.9 Å². The summed E-state index contributed by atoms with van der Waals surface area (Å²) in [5.41, 5.74) is 0. The van der Waals surface area contributed by atoms with E-state index >= 15 is 0 Å².